The standard InChI is InChI=1S/C20H18N2O3S/c1-5-16-8-9-17(19-11-15(4)21-25-19)12-20(16)26(23,24)22-18-10-13(2)6-7-14(18)3/h6-12H,1,3-5H2,2H3/q+4. The van der Waals surface area contributed by atoms with Crippen molar-refractivity contribution in [2.75, 3.05) is 0 Å². The average Bonchev–Trinajstić information content (AvgIpc) is 3.04. The Morgan fingerprint density at radius 1 is 1.35 bits per heavy atom. The summed E-state index contributed by atoms with van der Waals surface area (Å²) in [6.45, 7) is 13.2. The van der Waals surface area contributed by atoms with Crippen LogP contribution in [0, 0.1) is 24.3 Å². The lowest BCUT2D eigenvalue weighted by molar-refractivity contribution is 0.597. The Morgan fingerprint density at radius 2 is 2.12 bits per heavy atom. The van der Waals surface area contributed by atoms with Gasteiger partial charge in [0.2, 0.25) is 5.57 Å². The smallest absolute Gasteiger partial charge is 0.198 e. The van der Waals surface area contributed by atoms with Gasteiger partial charge in [0.25, 0.3) is 15.7 Å². The minimum Gasteiger partial charge on any atom is -0.198 e. The number of hydrogen-bond donors (Lipinski definition) is 0. The highest BCUT2D eigenvalue weighted by Gasteiger charge is 2.33. The fourth-order valence-corrected chi connectivity index (χ4v) is 3.84. The van der Waals surface area contributed by atoms with Crippen LogP contribution in [0.5, 0.6) is 0 Å². The van der Waals surface area contributed by atoms with Gasteiger partial charge in [0.1, 0.15) is 24.5 Å². The molecule has 1 aliphatic carbocycles. The number of hydrogen-bond acceptors (Lipinski definition) is 3. The second-order valence-electron chi connectivity index (χ2n) is 5.95. The third kappa shape index (κ3) is 3.50. The van der Waals surface area contributed by atoms with Crippen LogP contribution < -0.4 is 0 Å². The predicted molar refractivity (Wildman–Crippen MR) is 105 cm³/mol. The molecule has 0 bridgehead atoms. The van der Waals surface area contributed by atoms with Crippen molar-refractivity contribution >= 4 is 21.5 Å². The molecule has 0 unspecified atom stereocenters. The van der Waals surface area contributed by atoms with E-state index in [-0.39, 0.29) is 4.90 Å². The van der Waals surface area contributed by atoms with Gasteiger partial charge >= 0.3 is 5.76 Å². The molecule has 3 rings (SSSR count). The van der Waals surface area contributed by atoms with E-state index in [1.54, 1.807) is 31.1 Å². The molecule has 1 aromatic carbocycles. The van der Waals surface area contributed by atoms with Crippen molar-refractivity contribution in [2.24, 2.45) is 9.57 Å². The number of rotatable bonds is 4. The third-order valence-corrected chi connectivity index (χ3v) is 5.29. The Bertz CT molecular complexity index is 1030. The molecule has 0 saturated heterocycles. The van der Waals surface area contributed by atoms with Gasteiger partial charge in [-0.3, -0.25) is 0 Å². The van der Waals surface area contributed by atoms with E-state index in [0.29, 0.717) is 40.3 Å². The lowest BCUT2D eigenvalue weighted by Gasteiger charge is -2.05. The van der Waals surface area contributed by atoms with Gasteiger partial charge in [-0.25, -0.2) is 0 Å². The van der Waals surface area contributed by atoms with Crippen molar-refractivity contribution in [1.82, 2.24) is 0 Å². The van der Waals surface area contributed by atoms with Crippen molar-refractivity contribution in [3.63, 3.8) is 0 Å². The summed E-state index contributed by atoms with van der Waals surface area (Å²) in [5.41, 5.74) is 3.40. The number of nitrogens with zero attached hydrogens (tertiary/aromatic N) is 2. The summed E-state index contributed by atoms with van der Waals surface area (Å²) in [6, 6.07) is 4.99. The molecule has 1 heterocycles. The summed E-state index contributed by atoms with van der Waals surface area (Å²) in [5.74, 6) is 0.440. The summed E-state index contributed by atoms with van der Waals surface area (Å²) in [6.07, 6.45) is 7.25. The first-order valence-electron chi connectivity index (χ1n) is 7.92. The lowest BCUT2D eigenvalue weighted by Crippen LogP contribution is -2.13. The first-order chi connectivity index (χ1) is 12.3. The summed E-state index contributed by atoms with van der Waals surface area (Å²) >= 11 is 0. The Labute approximate surface area is 153 Å². The van der Waals surface area contributed by atoms with E-state index in [9.17, 15) is 8.42 Å². The van der Waals surface area contributed by atoms with E-state index in [1.165, 1.54) is 6.07 Å². The molecular weight excluding hydrogens is 348 g/mol. The molecule has 0 fully saturated rings. The fourth-order valence-electron chi connectivity index (χ4n) is 2.54. The zero-order valence-electron chi connectivity index (χ0n) is 14.4. The molecular formula is C20H18N2O3S+4. The van der Waals surface area contributed by atoms with Crippen LogP contribution in [0.1, 0.15) is 18.1 Å². The van der Waals surface area contributed by atoms with Gasteiger partial charge in [0.05, 0.1) is 23.5 Å². The fraction of sp³-hybridized carbons (Fsp3) is 0.100. The monoisotopic (exact) mass is 366 g/mol. The van der Waals surface area contributed by atoms with Crippen LogP contribution >= 0.6 is 0 Å². The molecule has 5 nitrogen and oxygen atoms in total. The van der Waals surface area contributed by atoms with Crippen LogP contribution in [-0.2, 0) is 16.4 Å². The maximum absolute atomic E-state index is 13.0. The van der Waals surface area contributed by atoms with E-state index in [4.69, 9.17) is 4.54 Å². The quantitative estimate of drug-likeness (QED) is 0.589. The number of benzene rings is 1. The Kier molecular flexibility index (Phi) is 4.61. The molecule has 6 heteroatoms. The van der Waals surface area contributed by atoms with Crippen LogP contribution in [0.3, 0.4) is 0 Å². The van der Waals surface area contributed by atoms with Crippen LogP contribution in [0.15, 0.2) is 74.8 Å². The second-order valence-corrected chi connectivity index (χ2v) is 7.53. The summed E-state index contributed by atoms with van der Waals surface area (Å²) in [7, 11) is -3.95. The molecule has 128 valence electrons. The Morgan fingerprint density at radius 3 is 2.77 bits per heavy atom. The highest BCUT2D eigenvalue weighted by molar-refractivity contribution is 7.90. The molecule has 0 amide bonds. The van der Waals surface area contributed by atoms with Crippen molar-refractivity contribution in [2.45, 2.75) is 18.2 Å². The molecule has 1 aliphatic heterocycles. The van der Waals surface area contributed by atoms with Crippen molar-refractivity contribution in [3.8, 4) is 0 Å². The highest BCUT2D eigenvalue weighted by atomic mass is 32.2. The van der Waals surface area contributed by atoms with Gasteiger partial charge < -0.3 is 0 Å². The third-order valence-electron chi connectivity index (χ3n) is 3.92. The van der Waals surface area contributed by atoms with E-state index < -0.39 is 10.0 Å². The maximum atomic E-state index is 13.0. The molecule has 0 saturated carbocycles. The van der Waals surface area contributed by atoms with Gasteiger partial charge in [0, 0.05) is 19.1 Å². The van der Waals surface area contributed by atoms with Gasteiger partial charge in [0.15, 0.2) is 17.3 Å². The number of allylic oxidation sites excluding steroid dienone is 4. The van der Waals surface area contributed by atoms with Gasteiger partial charge in [-0.05, 0) is 12.1 Å². The summed E-state index contributed by atoms with van der Waals surface area (Å²) in [4.78, 5) is 0.0907. The maximum Gasteiger partial charge on any atom is 0.409 e. The minimum absolute atomic E-state index is 0.0907. The van der Waals surface area contributed by atoms with Crippen LogP contribution in [-0.4, -0.2) is 14.1 Å². The topological polar surface area (TPSA) is 70.2 Å². The van der Waals surface area contributed by atoms with Crippen molar-refractivity contribution < 1.29 is 8.42 Å². The molecule has 1 aromatic rings. The molecule has 0 spiro atoms. The van der Waals surface area contributed by atoms with Crippen LogP contribution in [0.4, 0.5) is 0 Å². The number of nitroso groups, excluding NO2 is 1. The zero-order chi connectivity index (χ0) is 18.9. The van der Waals surface area contributed by atoms with Gasteiger partial charge in [-0.15, -0.1) is 0 Å². The summed E-state index contributed by atoms with van der Waals surface area (Å²) < 4.78 is 35.1. The molecule has 0 atom stereocenters. The minimum atomic E-state index is -3.95. The van der Waals surface area contributed by atoms with Crippen LogP contribution in [0.25, 0.3) is 5.76 Å². The number of sulfonamides is 1. The zero-order valence-corrected chi connectivity index (χ0v) is 15.2. The van der Waals surface area contributed by atoms with E-state index in [1.807, 2.05) is 13.0 Å². The van der Waals surface area contributed by atoms with E-state index in [2.05, 4.69) is 29.7 Å². The normalized spacial score (nSPS) is 18.4. The highest BCUT2D eigenvalue weighted by Crippen LogP contribution is 2.29. The average molecular weight is 366 g/mol. The van der Waals surface area contributed by atoms with Crippen molar-refractivity contribution in [3.05, 3.63) is 95.8 Å². The van der Waals surface area contributed by atoms with Crippen molar-refractivity contribution in [1.29, 1.82) is 0 Å². The van der Waals surface area contributed by atoms with E-state index in [0.717, 1.165) is 5.57 Å². The Hall–Kier alpha value is -2.99. The van der Waals surface area contributed by atoms with Crippen LogP contribution in [0.2, 0.25) is 0 Å². The summed E-state index contributed by atoms with van der Waals surface area (Å²) in [5, 5.41) is 3.74. The molecule has 2 aliphatic rings. The first kappa shape index (κ1) is 17.8. The molecule has 26 heavy (non-hydrogen) atoms. The van der Waals surface area contributed by atoms with Gasteiger partial charge in [-0.1, -0.05) is 21.6 Å². The largest absolute Gasteiger partial charge is 0.409 e. The lowest BCUT2D eigenvalue weighted by atomic mass is 9.95. The molecule has 0 radical (unpaired) electrons. The second kappa shape index (κ2) is 6.72. The molecule has 0 N–H and O–H groups in total. The predicted octanol–water partition coefficient (Wildman–Crippen LogP) is 4.29. The first-order valence-corrected chi connectivity index (χ1v) is 9.36. The van der Waals surface area contributed by atoms with E-state index >= 15 is 0 Å². The SMILES string of the molecule is C=C1C=C(c2ccc(C[CH2+])c(S(=O)(=O)N=C3[CH+]C(C)=C[CH+]C3=C)c2)[O+]=N1. The Balaban J connectivity index is 2.08. The molecule has 0 aromatic heterocycles. The van der Waals surface area contributed by atoms with Gasteiger partial charge in [-0.2, -0.15) is 8.42 Å².